The zero-order valence-corrected chi connectivity index (χ0v) is 14.5. The summed E-state index contributed by atoms with van der Waals surface area (Å²) in [4.78, 5) is 0. The van der Waals surface area contributed by atoms with Gasteiger partial charge in [-0.25, -0.2) is 0 Å². The normalized spacial score (nSPS) is 12.9. The average Bonchev–Trinajstić information content (AvgIpc) is 2.50. The number of unbranched alkanes of at least 4 members (excludes halogenated alkanes) is 11. The Morgan fingerprint density at radius 1 is 0.762 bits per heavy atom. The van der Waals surface area contributed by atoms with Crippen molar-refractivity contribution in [3.63, 3.8) is 0 Å². The van der Waals surface area contributed by atoms with Gasteiger partial charge in [-0.15, -0.1) is 6.58 Å². The summed E-state index contributed by atoms with van der Waals surface area (Å²) < 4.78 is 0. The highest BCUT2D eigenvalue weighted by Crippen LogP contribution is 2.10. The molecule has 0 spiro atoms. The van der Waals surface area contributed by atoms with Crippen molar-refractivity contribution < 1.29 is 0 Å². The van der Waals surface area contributed by atoms with E-state index >= 15 is 0 Å². The van der Waals surface area contributed by atoms with E-state index < -0.39 is 0 Å². The Balaban J connectivity index is 3.10. The summed E-state index contributed by atoms with van der Waals surface area (Å²) >= 11 is 0. The van der Waals surface area contributed by atoms with Gasteiger partial charge in [0.1, 0.15) is 0 Å². The van der Waals surface area contributed by atoms with Gasteiger partial charge in [0, 0.05) is 6.04 Å². The Labute approximate surface area is 134 Å². The van der Waals surface area contributed by atoms with E-state index in [2.05, 4.69) is 25.7 Å². The van der Waals surface area contributed by atoms with Crippen LogP contribution < -0.4 is 5.73 Å². The molecule has 0 heterocycles. The van der Waals surface area contributed by atoms with Crippen LogP contribution >= 0.6 is 0 Å². The van der Waals surface area contributed by atoms with E-state index in [-0.39, 0.29) is 6.04 Å². The molecule has 0 rings (SSSR count). The summed E-state index contributed by atoms with van der Waals surface area (Å²) in [6, 6.07) is 0.204. The molecule has 124 valence electrons. The second-order valence-electron chi connectivity index (χ2n) is 6.27. The van der Waals surface area contributed by atoms with Crippen molar-refractivity contribution >= 4 is 0 Å². The molecular formula is C20H39N. The van der Waals surface area contributed by atoms with Crippen molar-refractivity contribution in [3.05, 3.63) is 24.8 Å². The Morgan fingerprint density at radius 3 is 1.76 bits per heavy atom. The lowest BCUT2D eigenvalue weighted by atomic mass is 10.1. The van der Waals surface area contributed by atoms with E-state index in [1.807, 2.05) is 6.08 Å². The molecule has 0 aromatic rings. The van der Waals surface area contributed by atoms with Crippen LogP contribution in [0, 0.1) is 0 Å². The fourth-order valence-corrected chi connectivity index (χ4v) is 2.57. The number of rotatable bonds is 16. The molecule has 0 saturated heterocycles. The fourth-order valence-electron chi connectivity index (χ4n) is 2.57. The standard InChI is InChI=1S/C20H39N/c1-3-5-6-7-8-9-10-11-12-13-14-15-16-17-18-19-20(21)4-2/h4,11-12,20H,2-3,5-10,13-19,21H2,1H3/b12-11-. The number of hydrogen-bond donors (Lipinski definition) is 1. The summed E-state index contributed by atoms with van der Waals surface area (Å²) in [5.41, 5.74) is 5.80. The molecule has 1 heteroatoms. The van der Waals surface area contributed by atoms with Crippen LogP contribution in [0.2, 0.25) is 0 Å². The lowest BCUT2D eigenvalue weighted by Gasteiger charge is -2.04. The maximum atomic E-state index is 5.80. The SMILES string of the molecule is C=CC(N)CCCCCCC/C=C\CCCCCCCC. The molecule has 0 aromatic carbocycles. The minimum Gasteiger partial charge on any atom is -0.324 e. The minimum atomic E-state index is 0.204. The smallest absolute Gasteiger partial charge is 0.0221 e. The zero-order chi connectivity index (χ0) is 15.6. The van der Waals surface area contributed by atoms with E-state index in [1.165, 1.54) is 83.5 Å². The summed E-state index contributed by atoms with van der Waals surface area (Å²) in [7, 11) is 0. The predicted octanol–water partition coefficient (Wildman–Crippen LogP) is 6.54. The molecule has 2 N–H and O–H groups in total. The Bertz CT molecular complexity index is 232. The van der Waals surface area contributed by atoms with Crippen molar-refractivity contribution in [2.45, 2.75) is 103 Å². The number of allylic oxidation sites excluding steroid dienone is 2. The molecule has 0 bridgehead atoms. The first-order valence-corrected chi connectivity index (χ1v) is 9.34. The topological polar surface area (TPSA) is 26.0 Å². The third-order valence-electron chi connectivity index (χ3n) is 4.10. The lowest BCUT2D eigenvalue weighted by Crippen LogP contribution is -2.15. The first-order valence-electron chi connectivity index (χ1n) is 9.34. The van der Waals surface area contributed by atoms with Gasteiger partial charge in [-0.3, -0.25) is 0 Å². The fraction of sp³-hybridized carbons (Fsp3) is 0.800. The van der Waals surface area contributed by atoms with Crippen molar-refractivity contribution in [2.24, 2.45) is 5.73 Å². The van der Waals surface area contributed by atoms with Gasteiger partial charge in [-0.2, -0.15) is 0 Å². The van der Waals surface area contributed by atoms with Crippen LogP contribution in [-0.4, -0.2) is 6.04 Å². The molecule has 0 aliphatic heterocycles. The lowest BCUT2D eigenvalue weighted by molar-refractivity contribution is 0.576. The second kappa shape index (κ2) is 17.5. The van der Waals surface area contributed by atoms with Gasteiger partial charge >= 0.3 is 0 Å². The average molecular weight is 294 g/mol. The van der Waals surface area contributed by atoms with Crippen LogP contribution in [0.25, 0.3) is 0 Å². The van der Waals surface area contributed by atoms with E-state index in [9.17, 15) is 0 Å². The second-order valence-corrected chi connectivity index (χ2v) is 6.27. The monoisotopic (exact) mass is 293 g/mol. The zero-order valence-electron chi connectivity index (χ0n) is 14.5. The molecule has 0 radical (unpaired) electrons. The Kier molecular flexibility index (Phi) is 17.0. The van der Waals surface area contributed by atoms with Crippen molar-refractivity contribution in [1.29, 1.82) is 0 Å². The summed E-state index contributed by atoms with van der Waals surface area (Å²) in [6.45, 7) is 5.99. The van der Waals surface area contributed by atoms with E-state index in [1.54, 1.807) is 0 Å². The first-order chi connectivity index (χ1) is 10.3. The Hall–Kier alpha value is -0.560. The third kappa shape index (κ3) is 17.4. The van der Waals surface area contributed by atoms with E-state index in [0.29, 0.717) is 0 Å². The summed E-state index contributed by atoms with van der Waals surface area (Å²) in [5, 5.41) is 0. The van der Waals surface area contributed by atoms with Crippen LogP contribution in [0.4, 0.5) is 0 Å². The van der Waals surface area contributed by atoms with E-state index in [4.69, 9.17) is 5.73 Å². The molecule has 0 fully saturated rings. The van der Waals surface area contributed by atoms with Gasteiger partial charge in [-0.05, 0) is 32.1 Å². The molecule has 1 unspecified atom stereocenters. The van der Waals surface area contributed by atoms with Crippen LogP contribution in [0.15, 0.2) is 24.8 Å². The highest BCUT2D eigenvalue weighted by atomic mass is 14.6. The molecule has 1 atom stereocenters. The van der Waals surface area contributed by atoms with Crippen molar-refractivity contribution in [1.82, 2.24) is 0 Å². The van der Waals surface area contributed by atoms with Crippen LogP contribution in [0.3, 0.4) is 0 Å². The maximum absolute atomic E-state index is 5.80. The van der Waals surface area contributed by atoms with Crippen LogP contribution in [-0.2, 0) is 0 Å². The molecule has 0 aliphatic rings. The van der Waals surface area contributed by atoms with Gasteiger partial charge in [0.2, 0.25) is 0 Å². The van der Waals surface area contributed by atoms with E-state index in [0.717, 1.165) is 6.42 Å². The summed E-state index contributed by atoms with van der Waals surface area (Å²) in [5.74, 6) is 0. The molecule has 0 amide bonds. The Morgan fingerprint density at radius 2 is 1.24 bits per heavy atom. The first kappa shape index (κ1) is 20.4. The molecule has 0 aliphatic carbocycles. The van der Waals surface area contributed by atoms with Gasteiger partial charge < -0.3 is 5.73 Å². The molecule has 21 heavy (non-hydrogen) atoms. The highest BCUT2D eigenvalue weighted by molar-refractivity contribution is 4.82. The third-order valence-corrected chi connectivity index (χ3v) is 4.10. The predicted molar refractivity (Wildman–Crippen MR) is 97.6 cm³/mol. The van der Waals surface area contributed by atoms with Crippen molar-refractivity contribution in [3.8, 4) is 0 Å². The largest absolute Gasteiger partial charge is 0.324 e. The number of hydrogen-bond acceptors (Lipinski definition) is 1. The minimum absolute atomic E-state index is 0.204. The molecule has 1 nitrogen and oxygen atoms in total. The quantitative estimate of drug-likeness (QED) is 0.254. The van der Waals surface area contributed by atoms with Crippen LogP contribution in [0.5, 0.6) is 0 Å². The van der Waals surface area contributed by atoms with Crippen LogP contribution in [0.1, 0.15) is 96.8 Å². The highest BCUT2D eigenvalue weighted by Gasteiger charge is 1.95. The summed E-state index contributed by atoms with van der Waals surface area (Å²) in [6.07, 6.45) is 25.3. The van der Waals surface area contributed by atoms with Gasteiger partial charge in [0.05, 0.1) is 0 Å². The number of nitrogens with two attached hydrogens (primary N) is 1. The molecule has 0 saturated carbocycles. The van der Waals surface area contributed by atoms with Gasteiger partial charge in [0.25, 0.3) is 0 Å². The van der Waals surface area contributed by atoms with Gasteiger partial charge in [0.15, 0.2) is 0 Å². The van der Waals surface area contributed by atoms with Gasteiger partial charge in [-0.1, -0.05) is 82.9 Å². The van der Waals surface area contributed by atoms with Crippen molar-refractivity contribution in [2.75, 3.05) is 0 Å². The molecule has 0 aromatic heterocycles. The molecular weight excluding hydrogens is 254 g/mol. The maximum Gasteiger partial charge on any atom is 0.0221 e.